The first kappa shape index (κ1) is 19.4. The van der Waals surface area contributed by atoms with Crippen molar-refractivity contribution in [2.45, 2.75) is 19.8 Å². The van der Waals surface area contributed by atoms with Crippen LogP contribution in [0.1, 0.15) is 35.8 Å². The molecule has 0 atom stereocenters. The van der Waals surface area contributed by atoms with Crippen molar-refractivity contribution in [2.24, 2.45) is 5.10 Å². The van der Waals surface area contributed by atoms with E-state index in [9.17, 15) is 4.79 Å². The summed E-state index contributed by atoms with van der Waals surface area (Å²) in [7, 11) is 0. The average Bonchev–Trinajstić information content (AvgIpc) is 3.42. The first-order chi connectivity index (χ1) is 14.7. The third-order valence-electron chi connectivity index (χ3n) is 4.73. The van der Waals surface area contributed by atoms with Gasteiger partial charge in [-0.2, -0.15) is 10.2 Å². The molecule has 0 aliphatic heterocycles. The van der Waals surface area contributed by atoms with Crippen LogP contribution in [0.15, 0.2) is 65.9 Å². The highest BCUT2D eigenvalue weighted by molar-refractivity contribution is 6.00. The number of H-pyrrole nitrogens is 2. The zero-order valence-electron chi connectivity index (χ0n) is 16.7. The number of carbonyl (C=O) groups is 1. The van der Waals surface area contributed by atoms with Gasteiger partial charge in [-0.05, 0) is 42.8 Å². The topological polar surface area (TPSA) is 95.2 Å². The molecule has 4 rings (SSSR count). The molecule has 3 N–H and O–H groups in total. The number of hydrogen-bond acceptors (Lipinski definition) is 4. The summed E-state index contributed by atoms with van der Waals surface area (Å²) in [5.74, 6) is 0.469. The normalized spacial score (nSPS) is 11.2. The minimum absolute atomic E-state index is 0.337. The van der Waals surface area contributed by atoms with E-state index in [0.717, 1.165) is 40.6 Å². The first-order valence-electron chi connectivity index (χ1n) is 9.93. The van der Waals surface area contributed by atoms with Crippen molar-refractivity contribution >= 4 is 23.0 Å². The van der Waals surface area contributed by atoms with Crippen LogP contribution in [0.3, 0.4) is 0 Å². The number of rotatable bonds is 8. The van der Waals surface area contributed by atoms with Crippen LogP contribution in [-0.4, -0.2) is 33.9 Å². The first-order valence-corrected chi connectivity index (χ1v) is 9.93. The second kappa shape index (κ2) is 9.09. The van der Waals surface area contributed by atoms with Gasteiger partial charge >= 0.3 is 0 Å². The summed E-state index contributed by atoms with van der Waals surface area (Å²) in [6.07, 6.45) is 5.60. The molecular formula is C23H23N5O2. The Labute approximate surface area is 174 Å². The predicted octanol–water partition coefficient (Wildman–Crippen LogP) is 4.50. The van der Waals surface area contributed by atoms with Crippen LogP contribution in [0.5, 0.6) is 5.75 Å². The third kappa shape index (κ3) is 4.41. The molecule has 0 saturated heterocycles. The Balaban J connectivity index is 1.38. The molecule has 7 nitrogen and oxygen atoms in total. The molecule has 0 spiro atoms. The maximum Gasteiger partial charge on any atom is 0.289 e. The van der Waals surface area contributed by atoms with E-state index in [4.69, 9.17) is 4.74 Å². The molecule has 0 aliphatic carbocycles. The van der Waals surface area contributed by atoms with Gasteiger partial charge in [0.1, 0.15) is 11.4 Å². The van der Waals surface area contributed by atoms with Crippen molar-refractivity contribution in [3.05, 3.63) is 72.1 Å². The Hall–Kier alpha value is -3.87. The van der Waals surface area contributed by atoms with E-state index in [2.05, 4.69) is 32.6 Å². The molecule has 0 radical (unpaired) electrons. The Morgan fingerprint density at radius 1 is 1.20 bits per heavy atom. The maximum absolute atomic E-state index is 12.4. The summed E-state index contributed by atoms with van der Waals surface area (Å²) in [5.41, 5.74) is 6.37. The number of unbranched alkanes of at least 4 members (excludes halogenated alkanes) is 1. The Morgan fingerprint density at radius 2 is 2.03 bits per heavy atom. The summed E-state index contributed by atoms with van der Waals surface area (Å²) in [4.78, 5) is 15.5. The fourth-order valence-corrected chi connectivity index (χ4v) is 3.06. The predicted molar refractivity (Wildman–Crippen MR) is 118 cm³/mol. The summed E-state index contributed by atoms with van der Waals surface area (Å²) >= 11 is 0. The second-order valence-corrected chi connectivity index (χ2v) is 6.88. The van der Waals surface area contributed by atoms with Crippen LogP contribution in [0.4, 0.5) is 0 Å². The van der Waals surface area contributed by atoms with Gasteiger partial charge in [0.15, 0.2) is 0 Å². The largest absolute Gasteiger partial charge is 0.494 e. The molecule has 2 aromatic heterocycles. The molecule has 7 heteroatoms. The van der Waals surface area contributed by atoms with E-state index < -0.39 is 0 Å². The molecule has 4 aromatic rings. The zero-order valence-corrected chi connectivity index (χ0v) is 16.7. The van der Waals surface area contributed by atoms with Crippen molar-refractivity contribution in [1.29, 1.82) is 0 Å². The van der Waals surface area contributed by atoms with Crippen molar-refractivity contribution in [3.8, 4) is 17.0 Å². The van der Waals surface area contributed by atoms with Crippen molar-refractivity contribution < 1.29 is 9.53 Å². The number of carbonyl (C=O) groups excluding carboxylic acids is 1. The Bertz CT molecular complexity index is 1160. The molecule has 0 bridgehead atoms. The van der Waals surface area contributed by atoms with Crippen LogP contribution in [0, 0.1) is 0 Å². The minimum atomic E-state index is -0.357. The number of aromatic nitrogens is 3. The summed E-state index contributed by atoms with van der Waals surface area (Å²) in [5, 5.41) is 12.1. The molecule has 0 unspecified atom stereocenters. The highest BCUT2D eigenvalue weighted by Crippen LogP contribution is 2.21. The zero-order chi connectivity index (χ0) is 20.8. The van der Waals surface area contributed by atoms with Gasteiger partial charge in [-0.3, -0.25) is 9.89 Å². The summed E-state index contributed by atoms with van der Waals surface area (Å²) < 4.78 is 5.67. The van der Waals surface area contributed by atoms with Gasteiger partial charge < -0.3 is 9.72 Å². The fourth-order valence-electron chi connectivity index (χ4n) is 3.06. The number of nitrogens with one attached hydrogen (secondary N) is 3. The number of ether oxygens (including phenoxy) is 1. The molecule has 1 amide bonds. The monoisotopic (exact) mass is 401 g/mol. The maximum atomic E-state index is 12.4. The summed E-state index contributed by atoms with van der Waals surface area (Å²) in [6.45, 7) is 2.84. The fraction of sp³-hybridized carbons (Fsp3) is 0.174. The lowest BCUT2D eigenvalue weighted by molar-refractivity contribution is 0.0950. The molecule has 2 aromatic carbocycles. The van der Waals surface area contributed by atoms with Gasteiger partial charge in [0.2, 0.25) is 0 Å². The number of hydrogen-bond donors (Lipinski definition) is 3. The van der Waals surface area contributed by atoms with E-state index in [-0.39, 0.29) is 5.91 Å². The quantitative estimate of drug-likeness (QED) is 0.230. The molecule has 30 heavy (non-hydrogen) atoms. The Morgan fingerprint density at radius 3 is 2.87 bits per heavy atom. The molecule has 2 heterocycles. The molecular weight excluding hydrogens is 378 g/mol. The highest BCUT2D eigenvalue weighted by Gasteiger charge is 2.11. The van der Waals surface area contributed by atoms with E-state index >= 15 is 0 Å². The van der Waals surface area contributed by atoms with Crippen molar-refractivity contribution in [2.75, 3.05) is 6.61 Å². The SMILES string of the molecule is CCCCOc1ccc(-c2cc(C(=O)N/N=C\c3c[nH]c4ccccc34)[nH]n2)cc1. The van der Waals surface area contributed by atoms with E-state index in [0.29, 0.717) is 18.0 Å². The van der Waals surface area contributed by atoms with Crippen LogP contribution in [0.2, 0.25) is 0 Å². The molecule has 0 saturated carbocycles. The lowest BCUT2D eigenvalue weighted by Crippen LogP contribution is -2.17. The molecule has 0 aliphatic rings. The van der Waals surface area contributed by atoms with Gasteiger partial charge in [0.25, 0.3) is 5.91 Å². The van der Waals surface area contributed by atoms with Crippen LogP contribution >= 0.6 is 0 Å². The van der Waals surface area contributed by atoms with Gasteiger partial charge in [-0.15, -0.1) is 0 Å². The van der Waals surface area contributed by atoms with Gasteiger partial charge in [-0.25, -0.2) is 5.43 Å². The standard InChI is InChI=1S/C23H23N5O2/c1-2-3-12-30-18-10-8-16(9-11-18)21-13-22(27-26-21)23(29)28-25-15-17-14-24-20-7-5-4-6-19(17)20/h4-11,13-15,24H,2-3,12H2,1H3,(H,26,27)(H,28,29)/b25-15-. The number of benzene rings is 2. The highest BCUT2D eigenvalue weighted by atomic mass is 16.5. The summed E-state index contributed by atoms with van der Waals surface area (Å²) in [6, 6.07) is 17.3. The number of amides is 1. The van der Waals surface area contributed by atoms with E-state index in [1.54, 1.807) is 12.3 Å². The lowest BCUT2D eigenvalue weighted by Gasteiger charge is -2.05. The molecule has 152 valence electrons. The number of nitrogens with zero attached hydrogens (tertiary/aromatic N) is 2. The molecule has 0 fully saturated rings. The second-order valence-electron chi connectivity index (χ2n) is 6.88. The van der Waals surface area contributed by atoms with Crippen LogP contribution in [-0.2, 0) is 0 Å². The van der Waals surface area contributed by atoms with Gasteiger partial charge in [-0.1, -0.05) is 31.5 Å². The van der Waals surface area contributed by atoms with Crippen LogP contribution in [0.25, 0.3) is 22.2 Å². The number of fused-ring (bicyclic) bond motifs is 1. The number of para-hydroxylation sites is 1. The van der Waals surface area contributed by atoms with E-state index in [1.165, 1.54) is 0 Å². The van der Waals surface area contributed by atoms with E-state index in [1.807, 2.05) is 54.7 Å². The minimum Gasteiger partial charge on any atom is -0.494 e. The van der Waals surface area contributed by atoms with Crippen molar-refractivity contribution in [1.82, 2.24) is 20.6 Å². The van der Waals surface area contributed by atoms with Gasteiger partial charge in [0, 0.05) is 28.2 Å². The van der Waals surface area contributed by atoms with Gasteiger partial charge in [0.05, 0.1) is 18.5 Å². The average molecular weight is 401 g/mol. The number of aromatic amines is 2. The lowest BCUT2D eigenvalue weighted by atomic mass is 10.1. The smallest absolute Gasteiger partial charge is 0.289 e. The Kier molecular flexibility index (Phi) is 5.89. The third-order valence-corrected chi connectivity index (χ3v) is 4.73. The van der Waals surface area contributed by atoms with Crippen LogP contribution < -0.4 is 10.2 Å². The number of hydrazone groups is 1. The van der Waals surface area contributed by atoms with Crippen molar-refractivity contribution in [3.63, 3.8) is 0 Å².